The van der Waals surface area contributed by atoms with Crippen LogP contribution in [-0.4, -0.2) is 31.3 Å². The standard InChI is InChI=1S/C8H10N6.C2H6/c1-2-9-7-12-6-14(13-7)8-10-4-3-5-11-8;1-2/h3-6H,2H2,1H3,(H,9,13);1-2H3. The number of anilines is 1. The maximum atomic E-state index is 4.14. The summed E-state index contributed by atoms with van der Waals surface area (Å²) in [4.78, 5) is 12.1. The van der Waals surface area contributed by atoms with Crippen LogP contribution in [-0.2, 0) is 0 Å². The van der Waals surface area contributed by atoms with Crippen molar-refractivity contribution in [1.29, 1.82) is 0 Å². The van der Waals surface area contributed by atoms with Gasteiger partial charge in [-0.2, -0.15) is 9.67 Å². The Balaban J connectivity index is 0.000000606. The average Bonchev–Trinajstić information content (AvgIpc) is 2.82. The number of aromatic nitrogens is 5. The molecule has 0 aliphatic heterocycles. The highest BCUT2D eigenvalue weighted by molar-refractivity contribution is 5.22. The van der Waals surface area contributed by atoms with Crippen LogP contribution in [0.5, 0.6) is 0 Å². The molecule has 2 heterocycles. The summed E-state index contributed by atoms with van der Waals surface area (Å²) in [6, 6.07) is 1.76. The molecule has 0 aromatic carbocycles. The molecule has 1 N–H and O–H groups in total. The van der Waals surface area contributed by atoms with E-state index in [9.17, 15) is 0 Å². The van der Waals surface area contributed by atoms with Crippen LogP contribution in [0.2, 0.25) is 0 Å². The van der Waals surface area contributed by atoms with E-state index in [0.717, 1.165) is 6.54 Å². The van der Waals surface area contributed by atoms with E-state index in [-0.39, 0.29) is 0 Å². The van der Waals surface area contributed by atoms with Crippen molar-refractivity contribution in [3.63, 3.8) is 0 Å². The molecule has 2 rings (SSSR count). The van der Waals surface area contributed by atoms with Crippen LogP contribution >= 0.6 is 0 Å². The molecule has 16 heavy (non-hydrogen) atoms. The molecule has 0 unspecified atom stereocenters. The summed E-state index contributed by atoms with van der Waals surface area (Å²) in [6.45, 7) is 6.78. The molecule has 6 nitrogen and oxygen atoms in total. The summed E-state index contributed by atoms with van der Waals surface area (Å²) in [6.07, 6.45) is 4.90. The fraction of sp³-hybridized carbons (Fsp3) is 0.400. The maximum absolute atomic E-state index is 4.14. The van der Waals surface area contributed by atoms with Crippen molar-refractivity contribution in [2.45, 2.75) is 20.8 Å². The Morgan fingerprint density at radius 3 is 2.50 bits per heavy atom. The molecule has 0 saturated carbocycles. The lowest BCUT2D eigenvalue weighted by molar-refractivity contribution is 0.807. The summed E-state index contributed by atoms with van der Waals surface area (Å²) in [5, 5.41) is 7.14. The Labute approximate surface area is 94.8 Å². The second-order valence-electron chi connectivity index (χ2n) is 2.59. The SMILES string of the molecule is CC.CCNc1ncn(-c2ncccn2)n1. The van der Waals surface area contributed by atoms with Crippen LogP contribution in [0.15, 0.2) is 24.8 Å². The lowest BCUT2D eigenvalue weighted by Gasteiger charge is -1.95. The highest BCUT2D eigenvalue weighted by Gasteiger charge is 2.02. The Bertz CT molecular complexity index is 397. The fourth-order valence-corrected chi connectivity index (χ4v) is 1.01. The van der Waals surface area contributed by atoms with Gasteiger partial charge in [0.15, 0.2) is 0 Å². The topological polar surface area (TPSA) is 68.5 Å². The van der Waals surface area contributed by atoms with Gasteiger partial charge >= 0.3 is 0 Å². The third-order valence-corrected chi connectivity index (χ3v) is 1.58. The molecule has 0 saturated heterocycles. The number of hydrogen-bond acceptors (Lipinski definition) is 5. The zero-order valence-electron chi connectivity index (χ0n) is 9.75. The zero-order chi connectivity index (χ0) is 11.8. The molecule has 0 bridgehead atoms. The molecule has 0 spiro atoms. The quantitative estimate of drug-likeness (QED) is 0.849. The molecule has 0 fully saturated rings. The average molecular weight is 220 g/mol. The zero-order valence-corrected chi connectivity index (χ0v) is 9.75. The van der Waals surface area contributed by atoms with Gasteiger partial charge in [-0.05, 0) is 13.0 Å². The van der Waals surface area contributed by atoms with Crippen LogP contribution in [0, 0.1) is 0 Å². The number of hydrogen-bond donors (Lipinski definition) is 1. The first kappa shape index (κ1) is 12.1. The summed E-state index contributed by atoms with van der Waals surface area (Å²) >= 11 is 0. The molecule has 0 aliphatic carbocycles. The lowest BCUT2D eigenvalue weighted by atomic mass is 10.7. The van der Waals surface area contributed by atoms with Crippen molar-refractivity contribution >= 4 is 5.95 Å². The third kappa shape index (κ3) is 3.01. The van der Waals surface area contributed by atoms with Crippen LogP contribution in [0.1, 0.15) is 20.8 Å². The van der Waals surface area contributed by atoms with Crippen molar-refractivity contribution in [3.05, 3.63) is 24.8 Å². The molecular formula is C10H16N6. The first-order valence-electron chi connectivity index (χ1n) is 5.33. The van der Waals surface area contributed by atoms with Gasteiger partial charge in [0.2, 0.25) is 5.95 Å². The molecular weight excluding hydrogens is 204 g/mol. The predicted octanol–water partition coefficient (Wildman–Crippen LogP) is 1.52. The van der Waals surface area contributed by atoms with Crippen molar-refractivity contribution < 1.29 is 0 Å². The largest absolute Gasteiger partial charge is 0.353 e. The minimum absolute atomic E-state index is 0.518. The van der Waals surface area contributed by atoms with Gasteiger partial charge in [-0.3, -0.25) is 0 Å². The summed E-state index contributed by atoms with van der Waals surface area (Å²) in [5.74, 6) is 1.10. The van der Waals surface area contributed by atoms with Crippen molar-refractivity contribution in [1.82, 2.24) is 24.7 Å². The smallest absolute Gasteiger partial charge is 0.252 e. The predicted molar refractivity (Wildman–Crippen MR) is 62.5 cm³/mol. The number of nitrogens with one attached hydrogen (secondary N) is 1. The molecule has 0 radical (unpaired) electrons. The molecule has 0 aliphatic rings. The van der Waals surface area contributed by atoms with E-state index in [0.29, 0.717) is 11.9 Å². The van der Waals surface area contributed by atoms with Gasteiger partial charge in [0, 0.05) is 18.9 Å². The Kier molecular flexibility index (Phi) is 4.91. The molecule has 86 valence electrons. The van der Waals surface area contributed by atoms with Crippen LogP contribution in [0.3, 0.4) is 0 Å². The Morgan fingerprint density at radius 2 is 1.88 bits per heavy atom. The van der Waals surface area contributed by atoms with Crippen molar-refractivity contribution in [2.75, 3.05) is 11.9 Å². The Morgan fingerprint density at radius 1 is 1.19 bits per heavy atom. The van der Waals surface area contributed by atoms with E-state index in [1.165, 1.54) is 4.68 Å². The second-order valence-corrected chi connectivity index (χ2v) is 2.59. The first-order valence-corrected chi connectivity index (χ1v) is 5.33. The van der Waals surface area contributed by atoms with E-state index in [1.54, 1.807) is 24.8 Å². The highest BCUT2D eigenvalue weighted by Crippen LogP contribution is 2.00. The van der Waals surface area contributed by atoms with E-state index >= 15 is 0 Å². The Hall–Kier alpha value is -1.98. The third-order valence-electron chi connectivity index (χ3n) is 1.58. The molecule has 0 amide bonds. The van der Waals surface area contributed by atoms with Crippen molar-refractivity contribution in [2.24, 2.45) is 0 Å². The molecule has 6 heteroatoms. The summed E-state index contributed by atoms with van der Waals surface area (Å²) in [7, 11) is 0. The maximum Gasteiger partial charge on any atom is 0.252 e. The van der Waals surface area contributed by atoms with Crippen LogP contribution < -0.4 is 5.32 Å². The minimum atomic E-state index is 0.518. The molecule has 2 aromatic rings. The van der Waals surface area contributed by atoms with Crippen LogP contribution in [0.4, 0.5) is 5.95 Å². The van der Waals surface area contributed by atoms with Gasteiger partial charge in [0.05, 0.1) is 0 Å². The van der Waals surface area contributed by atoms with Gasteiger partial charge in [-0.1, -0.05) is 13.8 Å². The summed E-state index contributed by atoms with van der Waals surface area (Å²) in [5.41, 5.74) is 0. The van der Waals surface area contributed by atoms with Gasteiger partial charge in [-0.25, -0.2) is 9.97 Å². The highest BCUT2D eigenvalue weighted by atomic mass is 15.4. The number of rotatable bonds is 3. The van der Waals surface area contributed by atoms with Crippen molar-refractivity contribution in [3.8, 4) is 5.95 Å². The molecule has 0 atom stereocenters. The van der Waals surface area contributed by atoms with Gasteiger partial charge in [0.25, 0.3) is 5.95 Å². The minimum Gasteiger partial charge on any atom is -0.353 e. The van der Waals surface area contributed by atoms with Gasteiger partial charge in [0.1, 0.15) is 6.33 Å². The van der Waals surface area contributed by atoms with Gasteiger partial charge in [-0.15, -0.1) is 5.10 Å². The monoisotopic (exact) mass is 220 g/mol. The fourth-order valence-electron chi connectivity index (χ4n) is 1.01. The second kappa shape index (κ2) is 6.49. The number of nitrogens with zero attached hydrogens (tertiary/aromatic N) is 5. The normalized spacial score (nSPS) is 9.19. The van der Waals surface area contributed by atoms with E-state index in [2.05, 4.69) is 25.4 Å². The van der Waals surface area contributed by atoms with E-state index < -0.39 is 0 Å². The van der Waals surface area contributed by atoms with E-state index in [1.807, 2.05) is 20.8 Å². The lowest BCUT2D eigenvalue weighted by Crippen LogP contribution is -2.02. The summed E-state index contributed by atoms with van der Waals surface area (Å²) < 4.78 is 1.53. The first-order chi connectivity index (χ1) is 7.90. The van der Waals surface area contributed by atoms with Crippen LogP contribution in [0.25, 0.3) is 5.95 Å². The van der Waals surface area contributed by atoms with Gasteiger partial charge < -0.3 is 5.32 Å². The molecule has 2 aromatic heterocycles. The van der Waals surface area contributed by atoms with E-state index in [4.69, 9.17) is 0 Å².